The van der Waals surface area contributed by atoms with Crippen molar-refractivity contribution in [3.05, 3.63) is 35.4 Å². The first-order valence-corrected chi connectivity index (χ1v) is 7.98. The predicted octanol–water partition coefficient (Wildman–Crippen LogP) is 4.61. The molecule has 1 aromatic rings. The van der Waals surface area contributed by atoms with Gasteiger partial charge < -0.3 is 14.8 Å². The first-order chi connectivity index (χ1) is 11.6. The third kappa shape index (κ3) is 7.33. The van der Waals surface area contributed by atoms with E-state index in [4.69, 9.17) is 9.47 Å². The number of amides is 1. The van der Waals surface area contributed by atoms with Crippen molar-refractivity contribution in [3.8, 4) is 0 Å². The molecule has 0 aliphatic carbocycles. The Balaban J connectivity index is 3.11. The van der Waals surface area contributed by atoms with Gasteiger partial charge in [0.2, 0.25) is 0 Å². The van der Waals surface area contributed by atoms with E-state index in [1.165, 1.54) is 0 Å². The van der Waals surface area contributed by atoms with Crippen LogP contribution >= 0.6 is 0 Å². The van der Waals surface area contributed by atoms with Crippen LogP contribution in [-0.2, 0) is 20.4 Å². The van der Waals surface area contributed by atoms with Crippen LogP contribution in [0.1, 0.15) is 58.7 Å². The van der Waals surface area contributed by atoms with Gasteiger partial charge in [0.05, 0.1) is 5.56 Å². The van der Waals surface area contributed by atoms with Crippen LogP contribution in [0.2, 0.25) is 0 Å². The summed E-state index contributed by atoms with van der Waals surface area (Å²) < 4.78 is 48.5. The number of carbonyl (C=O) groups excluding carboxylic acids is 2. The first kappa shape index (κ1) is 21.8. The van der Waals surface area contributed by atoms with Gasteiger partial charge in [-0.05, 0) is 59.2 Å². The Morgan fingerprint density at radius 2 is 1.35 bits per heavy atom. The van der Waals surface area contributed by atoms with Crippen molar-refractivity contribution in [2.24, 2.45) is 0 Å². The van der Waals surface area contributed by atoms with E-state index in [0.29, 0.717) is 0 Å². The van der Waals surface area contributed by atoms with Gasteiger partial charge >= 0.3 is 18.2 Å². The van der Waals surface area contributed by atoms with E-state index in [-0.39, 0.29) is 5.56 Å². The normalized spacial score (nSPS) is 13.7. The average molecular weight is 375 g/mol. The molecule has 0 saturated heterocycles. The lowest BCUT2D eigenvalue weighted by atomic mass is 10.0. The summed E-state index contributed by atoms with van der Waals surface area (Å²) in [7, 11) is 0. The second kappa shape index (κ2) is 7.55. The van der Waals surface area contributed by atoms with Crippen molar-refractivity contribution in [1.82, 2.24) is 5.32 Å². The van der Waals surface area contributed by atoms with Gasteiger partial charge in [0.1, 0.15) is 11.2 Å². The van der Waals surface area contributed by atoms with Crippen LogP contribution in [0.25, 0.3) is 0 Å². The molecule has 0 saturated carbocycles. The summed E-state index contributed by atoms with van der Waals surface area (Å²) in [5.74, 6) is -0.803. The maximum atomic E-state index is 12.7. The molecular weight excluding hydrogens is 351 g/mol. The van der Waals surface area contributed by atoms with E-state index < -0.39 is 41.0 Å². The smallest absolute Gasteiger partial charge is 0.416 e. The number of alkyl carbamates (subject to hydrolysis) is 1. The fourth-order valence-electron chi connectivity index (χ4n) is 1.93. The van der Waals surface area contributed by atoms with Gasteiger partial charge in [0, 0.05) is 0 Å². The Kier molecular flexibility index (Phi) is 6.33. The zero-order valence-corrected chi connectivity index (χ0v) is 15.7. The van der Waals surface area contributed by atoms with Crippen LogP contribution < -0.4 is 5.32 Å². The van der Waals surface area contributed by atoms with E-state index in [1.807, 2.05) is 0 Å². The summed E-state index contributed by atoms with van der Waals surface area (Å²) in [4.78, 5) is 24.4. The Bertz CT molecular complexity index is 640. The molecule has 0 spiro atoms. The van der Waals surface area contributed by atoms with Crippen molar-refractivity contribution < 1.29 is 32.2 Å². The van der Waals surface area contributed by atoms with E-state index in [2.05, 4.69) is 5.32 Å². The Morgan fingerprint density at radius 1 is 0.885 bits per heavy atom. The zero-order valence-electron chi connectivity index (χ0n) is 15.7. The topological polar surface area (TPSA) is 64.6 Å². The highest BCUT2D eigenvalue weighted by atomic mass is 19.4. The second-order valence-corrected chi connectivity index (χ2v) is 7.73. The molecular formula is C18H24F3NO4. The molecule has 146 valence electrons. The molecule has 1 N–H and O–H groups in total. The molecule has 5 nitrogen and oxygen atoms in total. The maximum absolute atomic E-state index is 12.7. The Labute approximate surface area is 150 Å². The fourth-order valence-corrected chi connectivity index (χ4v) is 1.93. The first-order valence-electron chi connectivity index (χ1n) is 7.98. The number of rotatable bonds is 3. The van der Waals surface area contributed by atoms with Crippen LogP contribution in [0, 0.1) is 0 Å². The highest BCUT2D eigenvalue weighted by Crippen LogP contribution is 2.30. The highest BCUT2D eigenvalue weighted by Gasteiger charge is 2.33. The highest BCUT2D eigenvalue weighted by molar-refractivity contribution is 5.83. The number of halogens is 3. The minimum atomic E-state index is -4.50. The molecule has 0 radical (unpaired) electrons. The number of alkyl halides is 3. The summed E-state index contributed by atoms with van der Waals surface area (Å²) in [6, 6.07) is 2.61. The lowest BCUT2D eigenvalue weighted by Gasteiger charge is -2.26. The van der Waals surface area contributed by atoms with Gasteiger partial charge in [0.15, 0.2) is 6.04 Å². The van der Waals surface area contributed by atoms with Crippen molar-refractivity contribution in [2.75, 3.05) is 0 Å². The van der Waals surface area contributed by atoms with Crippen LogP contribution in [0.15, 0.2) is 24.3 Å². The number of hydrogen-bond donors (Lipinski definition) is 1. The standard InChI is InChI=1S/C18H24F3NO4/c1-16(2,3)25-14(23)13(22-15(24)26-17(4,5)6)11-7-9-12(10-8-11)18(19,20)21/h7-10,13H,1-6H3,(H,22,24)/t13-/m1/s1. The predicted molar refractivity (Wildman–Crippen MR) is 89.4 cm³/mol. The van der Waals surface area contributed by atoms with Crippen LogP contribution in [0.3, 0.4) is 0 Å². The van der Waals surface area contributed by atoms with Gasteiger partial charge in [-0.1, -0.05) is 12.1 Å². The van der Waals surface area contributed by atoms with Gasteiger partial charge in [-0.3, -0.25) is 0 Å². The van der Waals surface area contributed by atoms with Crippen LogP contribution in [0.4, 0.5) is 18.0 Å². The van der Waals surface area contributed by atoms with Crippen LogP contribution in [-0.4, -0.2) is 23.3 Å². The summed E-state index contributed by atoms with van der Waals surface area (Å²) in [5, 5.41) is 2.35. The third-order valence-electron chi connectivity index (χ3n) is 2.87. The summed E-state index contributed by atoms with van der Waals surface area (Å²) in [5.41, 5.74) is -2.35. The molecule has 8 heteroatoms. The van der Waals surface area contributed by atoms with Crippen molar-refractivity contribution in [3.63, 3.8) is 0 Å². The maximum Gasteiger partial charge on any atom is 0.416 e. The molecule has 0 unspecified atom stereocenters. The minimum Gasteiger partial charge on any atom is -0.458 e. The lowest BCUT2D eigenvalue weighted by molar-refractivity contribution is -0.157. The molecule has 26 heavy (non-hydrogen) atoms. The zero-order chi connectivity index (χ0) is 20.3. The number of esters is 1. The van der Waals surface area contributed by atoms with Gasteiger partial charge in [-0.25, -0.2) is 9.59 Å². The molecule has 0 aliphatic heterocycles. The second-order valence-electron chi connectivity index (χ2n) is 7.73. The molecule has 1 atom stereocenters. The SMILES string of the molecule is CC(C)(C)OC(=O)N[C@@H](C(=O)OC(C)(C)C)c1ccc(C(F)(F)F)cc1. The molecule has 1 aromatic carbocycles. The van der Waals surface area contributed by atoms with Gasteiger partial charge in [-0.2, -0.15) is 13.2 Å². The number of hydrogen-bond acceptors (Lipinski definition) is 4. The van der Waals surface area contributed by atoms with E-state index in [1.54, 1.807) is 41.5 Å². The summed E-state index contributed by atoms with van der Waals surface area (Å²) in [6.45, 7) is 9.86. The number of benzene rings is 1. The largest absolute Gasteiger partial charge is 0.458 e. The van der Waals surface area contributed by atoms with Crippen LogP contribution in [0.5, 0.6) is 0 Å². The van der Waals surface area contributed by atoms with E-state index in [9.17, 15) is 22.8 Å². The van der Waals surface area contributed by atoms with Gasteiger partial charge in [0.25, 0.3) is 0 Å². The van der Waals surface area contributed by atoms with Crippen molar-refractivity contribution in [2.45, 2.75) is 65.0 Å². The molecule has 1 rings (SSSR count). The minimum absolute atomic E-state index is 0.151. The third-order valence-corrected chi connectivity index (χ3v) is 2.87. The quantitative estimate of drug-likeness (QED) is 0.784. The van der Waals surface area contributed by atoms with E-state index >= 15 is 0 Å². The number of nitrogens with one attached hydrogen (secondary N) is 1. The van der Waals surface area contributed by atoms with E-state index in [0.717, 1.165) is 24.3 Å². The number of ether oxygens (including phenoxy) is 2. The molecule has 0 heterocycles. The fraction of sp³-hybridized carbons (Fsp3) is 0.556. The molecule has 0 aliphatic rings. The molecule has 0 aromatic heterocycles. The Morgan fingerprint density at radius 3 is 1.73 bits per heavy atom. The molecule has 0 fully saturated rings. The lowest BCUT2D eigenvalue weighted by Crippen LogP contribution is -2.40. The van der Waals surface area contributed by atoms with Crippen molar-refractivity contribution in [1.29, 1.82) is 0 Å². The molecule has 0 bridgehead atoms. The summed E-state index contributed by atoms with van der Waals surface area (Å²) in [6.07, 6.45) is -5.38. The average Bonchev–Trinajstić information content (AvgIpc) is 2.40. The number of carbonyl (C=O) groups is 2. The summed E-state index contributed by atoms with van der Waals surface area (Å²) >= 11 is 0. The molecule has 1 amide bonds. The Hall–Kier alpha value is -2.25. The monoisotopic (exact) mass is 375 g/mol. The van der Waals surface area contributed by atoms with Crippen molar-refractivity contribution >= 4 is 12.1 Å². The van der Waals surface area contributed by atoms with Gasteiger partial charge in [-0.15, -0.1) is 0 Å².